The number of amides is 3. The van der Waals surface area contributed by atoms with Gasteiger partial charge in [0.2, 0.25) is 11.8 Å². The number of ether oxygens (including phenoxy) is 1. The van der Waals surface area contributed by atoms with Gasteiger partial charge in [-0.1, -0.05) is 30.3 Å². The molecule has 3 aromatic rings. The Labute approximate surface area is 184 Å². The normalized spacial score (nSPS) is 13.2. The van der Waals surface area contributed by atoms with E-state index >= 15 is 0 Å². The molecule has 32 heavy (non-hydrogen) atoms. The highest BCUT2D eigenvalue weighted by atomic mass is 16.5. The summed E-state index contributed by atoms with van der Waals surface area (Å²) in [5.74, 6) is -1.24. The SMILES string of the molecule is O=C(Nc1ccccc1)c1ccc(COC(=O)c2ccc(N3C(=O)CCC3=O)cc2)cc1. The summed E-state index contributed by atoms with van der Waals surface area (Å²) in [7, 11) is 0. The number of benzene rings is 3. The Morgan fingerprint density at radius 1 is 0.781 bits per heavy atom. The quantitative estimate of drug-likeness (QED) is 0.474. The lowest BCUT2D eigenvalue weighted by atomic mass is 10.1. The summed E-state index contributed by atoms with van der Waals surface area (Å²) in [5.41, 5.74) is 2.69. The van der Waals surface area contributed by atoms with Gasteiger partial charge in [0, 0.05) is 24.1 Å². The van der Waals surface area contributed by atoms with Crippen LogP contribution in [0.1, 0.15) is 39.1 Å². The van der Waals surface area contributed by atoms with Gasteiger partial charge in [-0.2, -0.15) is 0 Å². The molecule has 4 rings (SSSR count). The molecule has 0 bridgehead atoms. The van der Waals surface area contributed by atoms with Crippen molar-refractivity contribution in [3.8, 4) is 0 Å². The van der Waals surface area contributed by atoms with Gasteiger partial charge < -0.3 is 10.1 Å². The second kappa shape index (κ2) is 9.26. The van der Waals surface area contributed by atoms with E-state index in [4.69, 9.17) is 4.74 Å². The lowest BCUT2D eigenvalue weighted by Gasteiger charge is -2.14. The van der Waals surface area contributed by atoms with Crippen molar-refractivity contribution in [2.75, 3.05) is 10.2 Å². The van der Waals surface area contributed by atoms with E-state index < -0.39 is 5.97 Å². The van der Waals surface area contributed by atoms with Gasteiger partial charge in [0.05, 0.1) is 11.3 Å². The maximum atomic E-state index is 12.3. The van der Waals surface area contributed by atoms with Gasteiger partial charge in [-0.3, -0.25) is 19.3 Å². The van der Waals surface area contributed by atoms with Crippen LogP contribution in [0.5, 0.6) is 0 Å². The molecule has 0 aromatic heterocycles. The van der Waals surface area contributed by atoms with Gasteiger partial charge in [-0.15, -0.1) is 0 Å². The van der Waals surface area contributed by atoms with Gasteiger partial charge in [0.15, 0.2) is 0 Å². The zero-order valence-corrected chi connectivity index (χ0v) is 17.1. The van der Waals surface area contributed by atoms with Crippen LogP contribution in [0.4, 0.5) is 11.4 Å². The standard InChI is InChI=1S/C25H20N2O5/c28-22-14-15-23(29)27(22)21-12-10-19(11-13-21)25(31)32-16-17-6-8-18(9-7-17)24(30)26-20-4-2-1-3-5-20/h1-13H,14-16H2,(H,26,30). The highest BCUT2D eigenvalue weighted by molar-refractivity contribution is 6.19. The molecule has 0 spiro atoms. The summed E-state index contributed by atoms with van der Waals surface area (Å²) in [4.78, 5) is 49.4. The number of hydrogen-bond acceptors (Lipinski definition) is 5. The average molecular weight is 428 g/mol. The van der Waals surface area contributed by atoms with Gasteiger partial charge in [0.25, 0.3) is 5.91 Å². The Morgan fingerprint density at radius 3 is 2.00 bits per heavy atom. The molecule has 7 heteroatoms. The van der Waals surface area contributed by atoms with Crippen molar-refractivity contribution in [1.29, 1.82) is 0 Å². The first-order valence-electron chi connectivity index (χ1n) is 10.1. The summed E-state index contributed by atoms with van der Waals surface area (Å²) in [6, 6.07) is 22.1. The molecule has 1 N–H and O–H groups in total. The Morgan fingerprint density at radius 2 is 1.38 bits per heavy atom. The lowest BCUT2D eigenvalue weighted by molar-refractivity contribution is -0.121. The molecule has 1 fully saturated rings. The van der Waals surface area contributed by atoms with E-state index in [1.54, 1.807) is 48.5 Å². The van der Waals surface area contributed by atoms with Gasteiger partial charge in [-0.25, -0.2) is 4.79 Å². The van der Waals surface area contributed by atoms with E-state index in [0.29, 0.717) is 22.5 Å². The molecule has 0 unspecified atom stereocenters. The summed E-state index contributed by atoms with van der Waals surface area (Å²) < 4.78 is 5.33. The maximum Gasteiger partial charge on any atom is 0.338 e. The summed E-state index contributed by atoms with van der Waals surface area (Å²) >= 11 is 0. The summed E-state index contributed by atoms with van der Waals surface area (Å²) in [5, 5.41) is 2.81. The molecule has 0 atom stereocenters. The number of hydrogen-bond donors (Lipinski definition) is 1. The topological polar surface area (TPSA) is 92.8 Å². The minimum Gasteiger partial charge on any atom is -0.457 e. The average Bonchev–Trinajstić information content (AvgIpc) is 3.16. The fraction of sp³-hybridized carbons (Fsp3) is 0.120. The summed E-state index contributed by atoms with van der Waals surface area (Å²) in [6.07, 6.45) is 0.407. The molecule has 1 heterocycles. The predicted molar refractivity (Wildman–Crippen MR) is 118 cm³/mol. The van der Waals surface area contributed by atoms with E-state index in [2.05, 4.69) is 5.32 Å². The molecule has 1 aliphatic rings. The molecule has 0 saturated carbocycles. The van der Waals surface area contributed by atoms with E-state index in [1.165, 1.54) is 12.1 Å². The van der Waals surface area contributed by atoms with Crippen LogP contribution < -0.4 is 10.2 Å². The van der Waals surface area contributed by atoms with Crippen molar-refractivity contribution in [3.63, 3.8) is 0 Å². The highest BCUT2D eigenvalue weighted by Crippen LogP contribution is 2.23. The first-order valence-corrected chi connectivity index (χ1v) is 10.1. The van der Waals surface area contributed by atoms with Crippen molar-refractivity contribution < 1.29 is 23.9 Å². The molecule has 1 aliphatic heterocycles. The second-order valence-electron chi connectivity index (χ2n) is 7.26. The Bertz CT molecular complexity index is 1140. The monoisotopic (exact) mass is 428 g/mol. The number of esters is 1. The van der Waals surface area contributed by atoms with Crippen molar-refractivity contribution in [3.05, 3.63) is 95.6 Å². The third-order valence-electron chi connectivity index (χ3n) is 5.03. The predicted octanol–water partition coefficient (Wildman–Crippen LogP) is 3.95. The third-order valence-corrected chi connectivity index (χ3v) is 5.03. The number of nitrogens with zero attached hydrogens (tertiary/aromatic N) is 1. The van der Waals surface area contributed by atoms with Crippen LogP contribution in [0.15, 0.2) is 78.9 Å². The molecule has 7 nitrogen and oxygen atoms in total. The van der Waals surface area contributed by atoms with E-state index in [-0.39, 0.29) is 37.2 Å². The van der Waals surface area contributed by atoms with E-state index in [9.17, 15) is 19.2 Å². The van der Waals surface area contributed by atoms with Gasteiger partial charge in [0.1, 0.15) is 6.61 Å². The molecule has 3 aromatic carbocycles. The Hall–Kier alpha value is -4.26. The maximum absolute atomic E-state index is 12.3. The zero-order valence-electron chi connectivity index (χ0n) is 17.1. The minimum absolute atomic E-state index is 0.0459. The molecule has 1 saturated heterocycles. The lowest BCUT2D eigenvalue weighted by Crippen LogP contribution is -2.28. The number of para-hydroxylation sites is 1. The first-order chi connectivity index (χ1) is 15.5. The largest absolute Gasteiger partial charge is 0.457 e. The van der Waals surface area contributed by atoms with Crippen molar-refractivity contribution in [1.82, 2.24) is 0 Å². The summed E-state index contributed by atoms with van der Waals surface area (Å²) in [6.45, 7) is 0.0459. The number of imide groups is 1. The van der Waals surface area contributed by atoms with Crippen LogP contribution in [-0.4, -0.2) is 23.7 Å². The van der Waals surface area contributed by atoms with Crippen molar-refractivity contribution in [2.45, 2.75) is 19.4 Å². The number of carbonyl (C=O) groups excluding carboxylic acids is 4. The van der Waals surface area contributed by atoms with Gasteiger partial charge in [-0.05, 0) is 54.1 Å². The van der Waals surface area contributed by atoms with Crippen LogP contribution in [0, 0.1) is 0 Å². The Balaban J connectivity index is 1.32. The Kier molecular flexibility index (Phi) is 6.07. The molecule has 0 radical (unpaired) electrons. The number of carbonyl (C=O) groups is 4. The van der Waals surface area contributed by atoms with Crippen LogP contribution in [-0.2, 0) is 20.9 Å². The smallest absolute Gasteiger partial charge is 0.338 e. The number of nitrogens with one attached hydrogen (secondary N) is 1. The zero-order chi connectivity index (χ0) is 22.5. The van der Waals surface area contributed by atoms with Crippen LogP contribution >= 0.6 is 0 Å². The molecule has 3 amide bonds. The van der Waals surface area contributed by atoms with Crippen molar-refractivity contribution >= 4 is 35.1 Å². The molecular weight excluding hydrogens is 408 g/mol. The second-order valence-corrected chi connectivity index (χ2v) is 7.26. The van der Waals surface area contributed by atoms with Crippen LogP contribution in [0.3, 0.4) is 0 Å². The van der Waals surface area contributed by atoms with E-state index in [0.717, 1.165) is 10.5 Å². The van der Waals surface area contributed by atoms with E-state index in [1.807, 2.05) is 18.2 Å². The minimum atomic E-state index is -0.526. The fourth-order valence-electron chi connectivity index (χ4n) is 3.32. The molecule has 0 aliphatic carbocycles. The fourth-order valence-corrected chi connectivity index (χ4v) is 3.32. The van der Waals surface area contributed by atoms with Crippen LogP contribution in [0.2, 0.25) is 0 Å². The highest BCUT2D eigenvalue weighted by Gasteiger charge is 2.30. The molecular formula is C25H20N2O5. The number of rotatable bonds is 6. The van der Waals surface area contributed by atoms with Crippen molar-refractivity contribution in [2.24, 2.45) is 0 Å². The number of anilines is 2. The third kappa shape index (κ3) is 4.73. The van der Waals surface area contributed by atoms with Gasteiger partial charge >= 0.3 is 5.97 Å². The molecule has 160 valence electrons. The first kappa shape index (κ1) is 21.0. The van der Waals surface area contributed by atoms with Crippen LogP contribution in [0.25, 0.3) is 0 Å².